The van der Waals surface area contributed by atoms with E-state index >= 15 is 0 Å². The zero-order chi connectivity index (χ0) is 20.1. The zero-order valence-electron chi connectivity index (χ0n) is 16.7. The molecule has 2 heterocycles. The highest BCUT2D eigenvalue weighted by Gasteiger charge is 2.22. The second-order valence-corrected chi connectivity index (χ2v) is 7.14. The second-order valence-electron chi connectivity index (χ2n) is 7.14. The Morgan fingerprint density at radius 3 is 2.83 bits per heavy atom. The van der Waals surface area contributed by atoms with Crippen molar-refractivity contribution in [2.75, 3.05) is 29.0 Å². The van der Waals surface area contributed by atoms with E-state index in [9.17, 15) is 9.18 Å². The Hall–Kier alpha value is -2.61. The lowest BCUT2D eigenvalue weighted by Gasteiger charge is -2.34. The number of nitrogens with one attached hydrogen (secondary N) is 2. The predicted octanol–water partition coefficient (Wildman–Crippen LogP) is 3.42. The van der Waals surface area contributed by atoms with Gasteiger partial charge in [0.05, 0.1) is 5.69 Å². The van der Waals surface area contributed by atoms with Crippen LogP contribution in [0.15, 0.2) is 24.3 Å². The van der Waals surface area contributed by atoms with Gasteiger partial charge in [-0.15, -0.1) is 12.4 Å². The molecule has 1 saturated heterocycles. The van der Waals surface area contributed by atoms with Gasteiger partial charge in [0.2, 0.25) is 11.9 Å². The van der Waals surface area contributed by atoms with E-state index in [1.807, 2.05) is 6.07 Å². The van der Waals surface area contributed by atoms with E-state index in [4.69, 9.17) is 5.73 Å². The summed E-state index contributed by atoms with van der Waals surface area (Å²) in [5.74, 6) is 0.807. The fraction of sp³-hybridized carbons (Fsp3) is 0.450. The van der Waals surface area contributed by atoms with Gasteiger partial charge in [-0.2, -0.15) is 4.98 Å². The summed E-state index contributed by atoms with van der Waals surface area (Å²) in [7, 11) is 0. The molecular formula is C20H28ClFN6O. The van der Waals surface area contributed by atoms with Crippen molar-refractivity contribution in [3.05, 3.63) is 35.8 Å². The Balaban J connectivity index is 0.00000300. The fourth-order valence-corrected chi connectivity index (χ4v) is 3.43. The monoisotopic (exact) mass is 422 g/mol. The molecule has 1 unspecified atom stereocenters. The summed E-state index contributed by atoms with van der Waals surface area (Å²) >= 11 is 0. The van der Waals surface area contributed by atoms with Crippen LogP contribution in [0, 0.1) is 5.82 Å². The molecule has 7 nitrogen and oxygen atoms in total. The first-order chi connectivity index (χ1) is 13.4. The number of carbonyl (C=O) groups excluding carboxylic acids is 1. The molecule has 0 spiro atoms. The molecule has 2 aromatic rings. The topological polar surface area (TPSA) is 96.2 Å². The van der Waals surface area contributed by atoms with E-state index in [0.29, 0.717) is 18.2 Å². The molecule has 1 aliphatic heterocycles. The molecule has 1 fully saturated rings. The van der Waals surface area contributed by atoms with Crippen LogP contribution in [0.5, 0.6) is 0 Å². The maximum absolute atomic E-state index is 13.4. The highest BCUT2D eigenvalue weighted by Crippen LogP contribution is 2.24. The average molecular weight is 423 g/mol. The minimum Gasteiger partial charge on any atom is -0.396 e. The van der Waals surface area contributed by atoms with Crippen molar-refractivity contribution >= 4 is 41.5 Å². The van der Waals surface area contributed by atoms with Crippen LogP contribution in [0.1, 0.15) is 38.8 Å². The van der Waals surface area contributed by atoms with Crippen molar-refractivity contribution in [3.8, 4) is 0 Å². The number of hydrogen-bond acceptors (Lipinski definition) is 6. The molecule has 1 atom stereocenters. The van der Waals surface area contributed by atoms with Crippen molar-refractivity contribution < 1.29 is 9.18 Å². The highest BCUT2D eigenvalue weighted by atomic mass is 35.5. The van der Waals surface area contributed by atoms with Crippen molar-refractivity contribution in [3.63, 3.8) is 0 Å². The summed E-state index contributed by atoms with van der Waals surface area (Å²) in [6.45, 7) is 5.23. The normalized spacial score (nSPS) is 16.1. The number of nitrogens with two attached hydrogens (primary N) is 1. The van der Waals surface area contributed by atoms with Crippen LogP contribution in [0.25, 0.3) is 0 Å². The van der Waals surface area contributed by atoms with Gasteiger partial charge in [-0.05, 0) is 37.5 Å². The van der Waals surface area contributed by atoms with E-state index in [2.05, 4.69) is 32.4 Å². The number of nitrogens with zero attached hydrogens (tertiary/aromatic N) is 3. The Kier molecular flexibility index (Phi) is 8.01. The first-order valence-corrected chi connectivity index (χ1v) is 9.66. The molecule has 0 radical (unpaired) electrons. The van der Waals surface area contributed by atoms with Gasteiger partial charge in [-0.1, -0.05) is 13.3 Å². The van der Waals surface area contributed by atoms with Crippen LogP contribution in [-0.2, 0) is 11.2 Å². The van der Waals surface area contributed by atoms with Crippen LogP contribution in [0.3, 0.4) is 0 Å². The smallest absolute Gasteiger partial charge is 0.229 e. The van der Waals surface area contributed by atoms with Crippen LogP contribution in [0.4, 0.5) is 27.5 Å². The van der Waals surface area contributed by atoms with E-state index in [1.165, 1.54) is 12.1 Å². The minimum atomic E-state index is -0.454. The molecule has 1 amide bonds. The minimum absolute atomic E-state index is 0. The summed E-state index contributed by atoms with van der Waals surface area (Å²) in [5, 5.41) is 6.13. The Labute approximate surface area is 176 Å². The van der Waals surface area contributed by atoms with E-state index in [1.54, 1.807) is 13.0 Å². The summed E-state index contributed by atoms with van der Waals surface area (Å²) in [4.78, 5) is 22.8. The fourth-order valence-electron chi connectivity index (χ4n) is 3.43. The van der Waals surface area contributed by atoms with Gasteiger partial charge in [0.25, 0.3) is 0 Å². The number of rotatable bonds is 6. The summed E-state index contributed by atoms with van der Waals surface area (Å²) < 4.78 is 13.4. The molecule has 9 heteroatoms. The number of anilines is 4. The van der Waals surface area contributed by atoms with Gasteiger partial charge >= 0.3 is 0 Å². The molecule has 0 saturated carbocycles. The van der Waals surface area contributed by atoms with Crippen molar-refractivity contribution in [2.24, 2.45) is 0 Å². The van der Waals surface area contributed by atoms with Gasteiger partial charge in [-0.25, -0.2) is 9.37 Å². The summed E-state index contributed by atoms with van der Waals surface area (Å²) in [6, 6.07) is 6.57. The van der Waals surface area contributed by atoms with Gasteiger partial charge < -0.3 is 21.3 Å². The van der Waals surface area contributed by atoms with Crippen LogP contribution < -0.4 is 21.3 Å². The quantitative estimate of drug-likeness (QED) is 0.617. The number of amides is 1. The van der Waals surface area contributed by atoms with Gasteiger partial charge in [0.1, 0.15) is 11.6 Å². The van der Waals surface area contributed by atoms with Crippen LogP contribution >= 0.6 is 12.4 Å². The average Bonchev–Trinajstić information content (AvgIpc) is 2.64. The van der Waals surface area contributed by atoms with Crippen LogP contribution in [-0.4, -0.2) is 35.0 Å². The molecule has 0 aliphatic carbocycles. The number of halogens is 2. The number of carbonyl (C=O) groups is 1. The number of hydrogen-bond donors (Lipinski definition) is 3. The van der Waals surface area contributed by atoms with Crippen molar-refractivity contribution in [2.45, 2.75) is 45.6 Å². The predicted molar refractivity (Wildman–Crippen MR) is 116 cm³/mol. The number of nitrogen functional groups attached to an aromatic ring is 1. The largest absolute Gasteiger partial charge is 0.396 e. The van der Waals surface area contributed by atoms with Gasteiger partial charge in [0, 0.05) is 43.5 Å². The lowest BCUT2D eigenvalue weighted by molar-refractivity contribution is -0.119. The molecule has 1 aromatic carbocycles. The van der Waals surface area contributed by atoms with Gasteiger partial charge in [0.15, 0.2) is 0 Å². The standard InChI is InChI=1S/C20H27FN6O.ClH/c1-3-5-14-11-19(27-9-4-6-16(12-27)23-13(2)28)26-20(24-14)25-15-7-8-17(21)18(22)10-15;/h7-8,10-11,16H,3-6,9,12,22H2,1-2H3,(H,23,28)(H,24,25,26);1H. The second kappa shape index (κ2) is 10.2. The van der Waals surface area contributed by atoms with E-state index < -0.39 is 5.82 Å². The summed E-state index contributed by atoms with van der Waals surface area (Å²) in [6.07, 6.45) is 3.74. The molecular weight excluding hydrogens is 395 g/mol. The van der Waals surface area contributed by atoms with Crippen molar-refractivity contribution in [1.29, 1.82) is 0 Å². The first-order valence-electron chi connectivity index (χ1n) is 9.66. The van der Waals surface area contributed by atoms with Crippen molar-refractivity contribution in [1.82, 2.24) is 15.3 Å². The molecule has 4 N–H and O–H groups in total. The lowest BCUT2D eigenvalue weighted by Crippen LogP contribution is -2.47. The maximum atomic E-state index is 13.4. The Morgan fingerprint density at radius 2 is 2.14 bits per heavy atom. The Morgan fingerprint density at radius 1 is 1.34 bits per heavy atom. The molecule has 158 valence electrons. The molecule has 1 aliphatic rings. The first kappa shape index (κ1) is 22.7. The number of piperidine rings is 1. The van der Waals surface area contributed by atoms with Crippen LogP contribution in [0.2, 0.25) is 0 Å². The number of aromatic nitrogens is 2. The van der Waals surface area contributed by atoms with E-state index in [0.717, 1.165) is 43.7 Å². The zero-order valence-corrected chi connectivity index (χ0v) is 17.6. The van der Waals surface area contributed by atoms with E-state index in [-0.39, 0.29) is 30.0 Å². The third-order valence-corrected chi connectivity index (χ3v) is 4.68. The maximum Gasteiger partial charge on any atom is 0.229 e. The SMILES string of the molecule is CCCc1cc(N2CCCC(NC(C)=O)C2)nc(Nc2ccc(F)c(N)c2)n1.Cl. The Bertz CT molecular complexity index is 850. The third kappa shape index (κ3) is 6.19. The lowest BCUT2D eigenvalue weighted by atomic mass is 10.1. The molecule has 1 aromatic heterocycles. The molecule has 0 bridgehead atoms. The highest BCUT2D eigenvalue weighted by molar-refractivity contribution is 5.85. The number of benzene rings is 1. The molecule has 29 heavy (non-hydrogen) atoms. The summed E-state index contributed by atoms with van der Waals surface area (Å²) in [5.41, 5.74) is 7.30. The number of aryl methyl sites for hydroxylation is 1. The third-order valence-electron chi connectivity index (χ3n) is 4.68. The molecule has 3 rings (SSSR count). The van der Waals surface area contributed by atoms with Gasteiger partial charge in [-0.3, -0.25) is 4.79 Å².